The quantitative estimate of drug-likeness (QED) is 0.358. The average Bonchev–Trinajstić information content (AvgIpc) is 2.84. The Hall–Kier alpha value is -3.77. The van der Waals surface area contributed by atoms with Crippen molar-refractivity contribution < 1.29 is 28.9 Å². The number of nitrogens with zero attached hydrogens (tertiary/aromatic N) is 2. The third-order valence-electron chi connectivity index (χ3n) is 5.23. The van der Waals surface area contributed by atoms with Gasteiger partial charge in [-0.1, -0.05) is 12.1 Å². The molecule has 0 saturated carbocycles. The highest BCUT2D eigenvalue weighted by Crippen LogP contribution is 2.24. The topological polar surface area (TPSA) is 146 Å². The van der Waals surface area contributed by atoms with E-state index in [1.807, 2.05) is 0 Å². The van der Waals surface area contributed by atoms with Gasteiger partial charge in [0.1, 0.15) is 28.8 Å². The molecule has 0 atom stereocenters. The number of carboxylic acid groups (broad SMARTS) is 1. The summed E-state index contributed by atoms with van der Waals surface area (Å²) in [5.41, 5.74) is 1.82. The van der Waals surface area contributed by atoms with Crippen LogP contribution in [0.2, 0.25) is 0 Å². The standard InChI is InChI=1S/C24H24BrFN4O6/c1-13-3-4-15(21(32)27-7-8-31)10-19(13)30-14(2)29-22(20(25)23(30)33)36-12-16-5-6-18(26)9-17(16)11-28-24(34)35/h3-6,9-10,28,31H,7-8,11-12H2,1-2H3,(H,27,32)(H,34,35)/p-1. The number of nitrogens with one attached hydrogen (secondary N) is 2. The molecule has 3 aromatic rings. The Morgan fingerprint density at radius 1 is 1.17 bits per heavy atom. The van der Waals surface area contributed by atoms with Crippen molar-refractivity contribution in [3.63, 3.8) is 0 Å². The summed E-state index contributed by atoms with van der Waals surface area (Å²) in [7, 11) is 0. The molecule has 0 fully saturated rings. The maximum absolute atomic E-state index is 13.7. The van der Waals surface area contributed by atoms with Gasteiger partial charge in [-0.25, -0.2) is 4.39 Å². The number of amides is 2. The molecule has 0 aliphatic heterocycles. The van der Waals surface area contributed by atoms with Crippen molar-refractivity contribution >= 4 is 27.9 Å². The molecule has 3 rings (SSSR count). The minimum atomic E-state index is -1.50. The second kappa shape index (κ2) is 11.8. The highest BCUT2D eigenvalue weighted by Gasteiger charge is 2.18. The Kier molecular flexibility index (Phi) is 8.78. The monoisotopic (exact) mass is 561 g/mol. The maximum atomic E-state index is 13.7. The molecule has 0 spiro atoms. The Balaban J connectivity index is 1.92. The van der Waals surface area contributed by atoms with Gasteiger partial charge >= 0.3 is 0 Å². The molecule has 0 bridgehead atoms. The number of hydrogen-bond acceptors (Lipinski definition) is 7. The zero-order chi connectivity index (χ0) is 26.4. The van der Waals surface area contributed by atoms with Crippen molar-refractivity contribution in [3.05, 3.63) is 85.1 Å². The summed E-state index contributed by atoms with van der Waals surface area (Å²) in [4.78, 5) is 40.7. The maximum Gasteiger partial charge on any atom is 0.276 e. The second-order valence-electron chi connectivity index (χ2n) is 7.74. The Morgan fingerprint density at radius 3 is 2.61 bits per heavy atom. The van der Waals surface area contributed by atoms with E-state index in [0.29, 0.717) is 22.4 Å². The second-order valence-corrected chi connectivity index (χ2v) is 8.54. The van der Waals surface area contributed by atoms with Crippen LogP contribution in [0.1, 0.15) is 32.9 Å². The van der Waals surface area contributed by atoms with Crippen molar-refractivity contribution in [3.8, 4) is 11.6 Å². The van der Waals surface area contributed by atoms with Crippen LogP contribution < -0.4 is 26.0 Å². The molecule has 0 aliphatic rings. The molecule has 12 heteroatoms. The van der Waals surface area contributed by atoms with Crippen molar-refractivity contribution in [2.75, 3.05) is 13.2 Å². The first kappa shape index (κ1) is 26.8. The summed E-state index contributed by atoms with van der Waals surface area (Å²) in [5, 5.41) is 24.3. The number of ether oxygens (including phenoxy) is 1. The Bertz CT molecular complexity index is 1360. The molecule has 190 valence electrons. The van der Waals surface area contributed by atoms with E-state index in [1.165, 1.54) is 22.8 Å². The summed E-state index contributed by atoms with van der Waals surface area (Å²) >= 11 is 3.24. The summed E-state index contributed by atoms with van der Waals surface area (Å²) in [6, 6.07) is 8.69. The van der Waals surface area contributed by atoms with Crippen molar-refractivity contribution in [1.82, 2.24) is 20.2 Å². The third kappa shape index (κ3) is 6.26. The molecule has 10 nitrogen and oxygen atoms in total. The number of carbonyl (C=O) groups excluding carboxylic acids is 2. The number of benzene rings is 2. The normalized spacial score (nSPS) is 10.7. The van der Waals surface area contributed by atoms with Crippen LogP contribution in [0.4, 0.5) is 9.18 Å². The molecule has 0 unspecified atom stereocenters. The number of aliphatic hydroxyl groups excluding tert-OH is 1. The molecule has 0 radical (unpaired) electrons. The number of hydrogen-bond donors (Lipinski definition) is 3. The predicted octanol–water partition coefficient (Wildman–Crippen LogP) is 1.48. The van der Waals surface area contributed by atoms with E-state index >= 15 is 0 Å². The van der Waals surface area contributed by atoms with Gasteiger partial charge in [-0.15, -0.1) is 0 Å². The number of aliphatic hydroxyl groups is 1. The number of rotatable bonds is 9. The van der Waals surface area contributed by atoms with E-state index in [4.69, 9.17) is 9.84 Å². The fraction of sp³-hybridized carbons (Fsp3) is 0.250. The SMILES string of the molecule is Cc1ccc(C(=O)NCCO)cc1-n1c(C)nc(OCc2ccc(F)cc2CNC(=O)[O-])c(Br)c1=O. The molecule has 3 N–H and O–H groups in total. The van der Waals surface area contributed by atoms with Gasteiger partial charge in [0.25, 0.3) is 11.5 Å². The van der Waals surface area contributed by atoms with E-state index in [1.54, 1.807) is 32.0 Å². The van der Waals surface area contributed by atoms with Crippen molar-refractivity contribution in [1.29, 1.82) is 0 Å². The van der Waals surface area contributed by atoms with Crippen LogP contribution in [-0.2, 0) is 13.2 Å². The van der Waals surface area contributed by atoms with E-state index in [2.05, 4.69) is 31.5 Å². The first-order chi connectivity index (χ1) is 17.1. The molecule has 36 heavy (non-hydrogen) atoms. The number of halogens is 2. The van der Waals surface area contributed by atoms with Crippen LogP contribution in [-0.4, -0.2) is 39.8 Å². The summed E-state index contributed by atoms with van der Waals surface area (Å²) in [6.45, 7) is 2.98. The highest BCUT2D eigenvalue weighted by atomic mass is 79.9. The lowest BCUT2D eigenvalue weighted by Gasteiger charge is -2.17. The third-order valence-corrected chi connectivity index (χ3v) is 5.91. The van der Waals surface area contributed by atoms with Crippen LogP contribution in [0, 0.1) is 19.7 Å². The lowest BCUT2D eigenvalue weighted by molar-refractivity contribution is -0.251. The lowest BCUT2D eigenvalue weighted by atomic mass is 10.1. The highest BCUT2D eigenvalue weighted by molar-refractivity contribution is 9.10. The van der Waals surface area contributed by atoms with Crippen molar-refractivity contribution in [2.24, 2.45) is 0 Å². The first-order valence-electron chi connectivity index (χ1n) is 10.8. The number of carbonyl (C=O) groups is 2. The minimum Gasteiger partial charge on any atom is -0.530 e. The summed E-state index contributed by atoms with van der Waals surface area (Å²) in [5.74, 6) is -0.668. The van der Waals surface area contributed by atoms with Crippen LogP contribution >= 0.6 is 15.9 Å². The van der Waals surface area contributed by atoms with Crippen LogP contribution in [0.3, 0.4) is 0 Å². The van der Waals surface area contributed by atoms with Crippen LogP contribution in [0.25, 0.3) is 5.69 Å². The lowest BCUT2D eigenvalue weighted by Crippen LogP contribution is -2.36. The molecule has 1 heterocycles. The number of aromatic nitrogens is 2. The van der Waals surface area contributed by atoms with E-state index in [0.717, 1.165) is 5.56 Å². The van der Waals surface area contributed by atoms with Gasteiger partial charge in [-0.3, -0.25) is 14.2 Å². The van der Waals surface area contributed by atoms with Gasteiger partial charge in [0.05, 0.1) is 12.3 Å². The smallest absolute Gasteiger partial charge is 0.276 e. The zero-order valence-corrected chi connectivity index (χ0v) is 21.0. The first-order valence-corrected chi connectivity index (χ1v) is 11.6. The van der Waals surface area contributed by atoms with E-state index in [-0.39, 0.29) is 42.5 Å². The Labute approximate surface area is 213 Å². The van der Waals surface area contributed by atoms with Crippen molar-refractivity contribution in [2.45, 2.75) is 27.0 Å². The molecular weight excluding hydrogens is 539 g/mol. The van der Waals surface area contributed by atoms with Gasteiger partial charge in [0, 0.05) is 18.7 Å². The van der Waals surface area contributed by atoms with Gasteiger partial charge in [-0.2, -0.15) is 4.98 Å². The fourth-order valence-electron chi connectivity index (χ4n) is 3.44. The summed E-state index contributed by atoms with van der Waals surface area (Å²) in [6.07, 6.45) is -1.50. The summed E-state index contributed by atoms with van der Waals surface area (Å²) < 4.78 is 20.7. The molecular formula is C24H23BrFN4O6-. The Morgan fingerprint density at radius 2 is 1.92 bits per heavy atom. The number of aryl methyl sites for hydroxylation is 2. The molecule has 1 aromatic heterocycles. The van der Waals surface area contributed by atoms with Gasteiger partial charge < -0.3 is 30.4 Å². The molecule has 2 aromatic carbocycles. The van der Waals surface area contributed by atoms with E-state index < -0.39 is 23.4 Å². The van der Waals surface area contributed by atoms with Gasteiger partial charge in [0.2, 0.25) is 5.88 Å². The average molecular weight is 562 g/mol. The zero-order valence-electron chi connectivity index (χ0n) is 19.4. The molecule has 0 aliphatic carbocycles. The predicted molar refractivity (Wildman–Crippen MR) is 129 cm³/mol. The minimum absolute atomic E-state index is 0.00798. The van der Waals surface area contributed by atoms with Gasteiger partial charge in [0.15, 0.2) is 0 Å². The molecule has 0 saturated heterocycles. The van der Waals surface area contributed by atoms with Gasteiger partial charge in [-0.05, 0) is 70.7 Å². The van der Waals surface area contributed by atoms with Crippen LogP contribution in [0.5, 0.6) is 5.88 Å². The van der Waals surface area contributed by atoms with Crippen LogP contribution in [0.15, 0.2) is 45.7 Å². The fourth-order valence-corrected chi connectivity index (χ4v) is 3.82. The van der Waals surface area contributed by atoms with E-state index in [9.17, 15) is 23.9 Å². The molecule has 2 amide bonds. The largest absolute Gasteiger partial charge is 0.530 e.